The van der Waals surface area contributed by atoms with Crippen molar-refractivity contribution in [1.29, 1.82) is 0 Å². The molecule has 0 saturated heterocycles. The Morgan fingerprint density at radius 1 is 0.939 bits per heavy atom. The number of anilines is 1. The average molecular weight is 469 g/mol. The fraction of sp³-hybridized carbons (Fsp3) is 0.269. The first-order valence-corrected chi connectivity index (χ1v) is 11.1. The fourth-order valence-corrected chi connectivity index (χ4v) is 3.48. The summed E-state index contributed by atoms with van der Waals surface area (Å²) in [5.74, 6) is 1.42. The summed E-state index contributed by atoms with van der Waals surface area (Å²) < 4.78 is 16.6. The molecule has 3 aromatic rings. The Balaban J connectivity index is 1.59. The monoisotopic (exact) mass is 468 g/mol. The van der Waals surface area contributed by atoms with Crippen LogP contribution in [0.1, 0.15) is 23.6 Å². The zero-order valence-electron chi connectivity index (χ0n) is 19.1. The lowest BCUT2D eigenvalue weighted by atomic mass is 10.1. The third kappa shape index (κ3) is 7.41. The lowest BCUT2D eigenvalue weighted by Crippen LogP contribution is -2.20. The molecule has 0 atom stereocenters. The number of aryl methyl sites for hydroxylation is 1. The molecule has 0 aromatic heterocycles. The minimum atomic E-state index is -0.275. The zero-order chi connectivity index (χ0) is 23.6. The van der Waals surface area contributed by atoms with E-state index in [1.807, 2.05) is 74.5 Å². The van der Waals surface area contributed by atoms with Crippen molar-refractivity contribution in [3.63, 3.8) is 0 Å². The molecule has 33 heavy (non-hydrogen) atoms. The average Bonchev–Trinajstić information content (AvgIpc) is 2.81. The van der Waals surface area contributed by atoms with Crippen LogP contribution in [0, 0.1) is 6.92 Å². The van der Waals surface area contributed by atoms with E-state index < -0.39 is 0 Å². The highest BCUT2D eigenvalue weighted by molar-refractivity contribution is 6.32. The quantitative estimate of drug-likeness (QED) is 0.396. The fourth-order valence-electron chi connectivity index (χ4n) is 3.19. The number of carbonyl (C=O) groups excluding carboxylic acids is 1. The van der Waals surface area contributed by atoms with Gasteiger partial charge in [0.15, 0.2) is 18.1 Å². The number of ether oxygens (including phenoxy) is 3. The molecule has 0 heterocycles. The van der Waals surface area contributed by atoms with E-state index in [2.05, 4.69) is 10.6 Å². The molecular weight excluding hydrogens is 440 g/mol. The molecule has 7 heteroatoms. The Morgan fingerprint density at radius 3 is 2.30 bits per heavy atom. The Kier molecular flexibility index (Phi) is 8.98. The molecular formula is C26H29ClN2O4. The molecule has 3 rings (SSSR count). The van der Waals surface area contributed by atoms with Crippen LogP contribution in [-0.2, 0) is 17.9 Å². The molecule has 1 amide bonds. The first-order valence-electron chi connectivity index (χ1n) is 10.8. The number of carbonyl (C=O) groups is 1. The number of nitrogens with one attached hydrogen (secondary N) is 2. The van der Waals surface area contributed by atoms with E-state index in [-0.39, 0.29) is 12.5 Å². The lowest BCUT2D eigenvalue weighted by Gasteiger charge is -2.16. The summed E-state index contributed by atoms with van der Waals surface area (Å²) >= 11 is 6.48. The predicted molar refractivity (Wildman–Crippen MR) is 131 cm³/mol. The second kappa shape index (κ2) is 12.1. The molecule has 0 bridgehead atoms. The first-order chi connectivity index (χ1) is 16.0. The smallest absolute Gasteiger partial charge is 0.262 e. The van der Waals surface area contributed by atoms with Gasteiger partial charge in [-0.1, -0.05) is 41.4 Å². The third-order valence-electron chi connectivity index (χ3n) is 4.87. The van der Waals surface area contributed by atoms with E-state index in [1.165, 1.54) is 0 Å². The van der Waals surface area contributed by atoms with E-state index in [9.17, 15) is 4.79 Å². The molecule has 0 aliphatic carbocycles. The number of halogens is 1. The maximum absolute atomic E-state index is 12.3. The third-order valence-corrected chi connectivity index (χ3v) is 5.15. The summed E-state index contributed by atoms with van der Waals surface area (Å²) in [5, 5.41) is 6.59. The van der Waals surface area contributed by atoms with Gasteiger partial charge >= 0.3 is 0 Å². The van der Waals surface area contributed by atoms with Gasteiger partial charge in [0.25, 0.3) is 5.91 Å². The lowest BCUT2D eigenvalue weighted by molar-refractivity contribution is -0.118. The van der Waals surface area contributed by atoms with Gasteiger partial charge in [0.1, 0.15) is 5.75 Å². The van der Waals surface area contributed by atoms with E-state index in [4.69, 9.17) is 25.8 Å². The number of methoxy groups -OCH3 is 1. The van der Waals surface area contributed by atoms with Gasteiger partial charge in [0.2, 0.25) is 0 Å². The van der Waals surface area contributed by atoms with Crippen molar-refractivity contribution in [2.45, 2.75) is 26.9 Å². The highest BCUT2D eigenvalue weighted by atomic mass is 35.5. The number of amides is 1. The predicted octanol–water partition coefficient (Wildman–Crippen LogP) is 5.36. The van der Waals surface area contributed by atoms with Gasteiger partial charge < -0.3 is 24.8 Å². The van der Waals surface area contributed by atoms with Crippen molar-refractivity contribution in [2.24, 2.45) is 0 Å². The zero-order valence-corrected chi connectivity index (χ0v) is 19.9. The summed E-state index contributed by atoms with van der Waals surface area (Å²) in [6, 6.07) is 19.2. The van der Waals surface area contributed by atoms with Crippen LogP contribution in [0.3, 0.4) is 0 Å². The Morgan fingerprint density at radius 2 is 1.64 bits per heavy atom. The summed E-state index contributed by atoms with van der Waals surface area (Å²) in [7, 11) is 1.65. The Bertz CT molecular complexity index is 1050. The summed E-state index contributed by atoms with van der Waals surface area (Å²) in [4.78, 5) is 12.3. The van der Waals surface area contributed by atoms with E-state index in [1.54, 1.807) is 7.11 Å². The van der Waals surface area contributed by atoms with Crippen LogP contribution in [0.4, 0.5) is 5.69 Å². The van der Waals surface area contributed by atoms with Gasteiger partial charge in [-0.3, -0.25) is 4.79 Å². The van der Waals surface area contributed by atoms with Gasteiger partial charge in [-0.15, -0.1) is 0 Å². The maximum Gasteiger partial charge on any atom is 0.262 e. The Hall–Kier alpha value is -3.22. The molecule has 2 N–H and O–H groups in total. The highest BCUT2D eigenvalue weighted by Gasteiger charge is 2.15. The molecule has 3 aromatic carbocycles. The molecule has 0 aliphatic rings. The minimum absolute atomic E-state index is 0.178. The Labute approximate surface area is 199 Å². The van der Waals surface area contributed by atoms with Crippen molar-refractivity contribution >= 4 is 23.2 Å². The molecule has 6 nitrogen and oxygen atoms in total. The maximum atomic E-state index is 12.3. The van der Waals surface area contributed by atoms with Crippen LogP contribution < -0.4 is 24.8 Å². The summed E-state index contributed by atoms with van der Waals surface area (Å²) in [6.07, 6.45) is 0. The first kappa shape index (κ1) is 24.4. The molecule has 0 saturated carbocycles. The minimum Gasteiger partial charge on any atom is -0.497 e. The van der Waals surface area contributed by atoms with Crippen LogP contribution in [0.25, 0.3) is 0 Å². The number of hydrogen-bond donors (Lipinski definition) is 2. The summed E-state index contributed by atoms with van der Waals surface area (Å²) in [5.41, 5.74) is 3.93. The molecule has 0 spiro atoms. The molecule has 174 valence electrons. The van der Waals surface area contributed by atoms with Crippen LogP contribution >= 0.6 is 11.6 Å². The normalized spacial score (nSPS) is 10.5. The van der Waals surface area contributed by atoms with Crippen LogP contribution in [0.15, 0.2) is 60.7 Å². The van der Waals surface area contributed by atoms with E-state index in [0.717, 1.165) is 22.4 Å². The molecule has 0 unspecified atom stereocenters. The summed E-state index contributed by atoms with van der Waals surface area (Å²) in [6.45, 7) is 5.44. The number of rotatable bonds is 11. The molecule has 0 fully saturated rings. The van der Waals surface area contributed by atoms with Gasteiger partial charge in [-0.05, 0) is 61.4 Å². The van der Waals surface area contributed by atoms with Gasteiger partial charge in [-0.2, -0.15) is 0 Å². The second-order valence-electron chi connectivity index (χ2n) is 7.49. The topological polar surface area (TPSA) is 68.8 Å². The van der Waals surface area contributed by atoms with Gasteiger partial charge in [-0.25, -0.2) is 0 Å². The van der Waals surface area contributed by atoms with Crippen molar-refractivity contribution in [2.75, 3.05) is 25.6 Å². The largest absolute Gasteiger partial charge is 0.497 e. The van der Waals surface area contributed by atoms with Gasteiger partial charge in [0.05, 0.1) is 18.7 Å². The number of hydrogen-bond acceptors (Lipinski definition) is 5. The SMILES string of the molecule is CCOc1cc(CNCc2ccc(OC)cc2)cc(Cl)c1OCC(=O)Nc1ccc(C)cc1. The van der Waals surface area contributed by atoms with Crippen LogP contribution in [0.2, 0.25) is 5.02 Å². The van der Waals surface area contributed by atoms with E-state index in [0.29, 0.717) is 41.9 Å². The van der Waals surface area contributed by atoms with Gasteiger partial charge in [0, 0.05) is 18.8 Å². The van der Waals surface area contributed by atoms with Crippen molar-refractivity contribution in [1.82, 2.24) is 5.32 Å². The van der Waals surface area contributed by atoms with E-state index >= 15 is 0 Å². The highest BCUT2D eigenvalue weighted by Crippen LogP contribution is 2.36. The standard InChI is InChI=1S/C26H29ClN2O4/c1-4-32-24-14-20(16-28-15-19-7-11-22(31-3)12-8-19)13-23(27)26(24)33-17-25(30)29-21-9-5-18(2)6-10-21/h5-14,28H,4,15-17H2,1-3H3,(H,29,30). The second-order valence-corrected chi connectivity index (χ2v) is 7.90. The van der Waals surface area contributed by atoms with Crippen molar-refractivity contribution in [3.8, 4) is 17.2 Å². The van der Waals surface area contributed by atoms with Crippen LogP contribution in [-0.4, -0.2) is 26.2 Å². The van der Waals surface area contributed by atoms with Crippen molar-refractivity contribution < 1.29 is 19.0 Å². The molecule has 0 radical (unpaired) electrons. The number of benzene rings is 3. The molecule has 0 aliphatic heterocycles. The van der Waals surface area contributed by atoms with Crippen molar-refractivity contribution in [3.05, 3.63) is 82.4 Å². The van der Waals surface area contributed by atoms with Crippen LogP contribution in [0.5, 0.6) is 17.2 Å².